The maximum Gasteiger partial charge on any atom is 0.00928 e. The van der Waals surface area contributed by atoms with Crippen molar-refractivity contribution in [3.63, 3.8) is 0 Å². The third kappa shape index (κ3) is 3.71. The molecule has 1 aliphatic heterocycles. The highest BCUT2D eigenvalue weighted by Crippen LogP contribution is 2.38. The van der Waals surface area contributed by atoms with Gasteiger partial charge in [-0.05, 0) is 69.5 Å². The van der Waals surface area contributed by atoms with Crippen molar-refractivity contribution in [2.24, 2.45) is 10.8 Å². The van der Waals surface area contributed by atoms with Gasteiger partial charge in [0, 0.05) is 12.6 Å². The Hall–Kier alpha value is -0.0800. The highest BCUT2D eigenvalue weighted by molar-refractivity contribution is 4.88. The van der Waals surface area contributed by atoms with E-state index in [-0.39, 0.29) is 0 Å². The molecule has 0 spiro atoms. The summed E-state index contributed by atoms with van der Waals surface area (Å²) in [5.74, 6) is 0. The third-order valence-corrected chi connectivity index (χ3v) is 5.37. The molecular formula is C16H32N2. The number of nitrogens with one attached hydrogen (secondary N) is 1. The molecule has 0 bridgehead atoms. The van der Waals surface area contributed by atoms with E-state index in [2.05, 4.69) is 38.0 Å². The van der Waals surface area contributed by atoms with Gasteiger partial charge in [0.25, 0.3) is 0 Å². The Kier molecular flexibility index (Phi) is 4.38. The van der Waals surface area contributed by atoms with Crippen LogP contribution in [0, 0.1) is 10.8 Å². The van der Waals surface area contributed by atoms with Crippen LogP contribution in [0.3, 0.4) is 0 Å². The Morgan fingerprint density at radius 3 is 2.11 bits per heavy atom. The summed E-state index contributed by atoms with van der Waals surface area (Å²) in [5.41, 5.74) is 1.14. The zero-order valence-corrected chi connectivity index (χ0v) is 12.9. The van der Waals surface area contributed by atoms with Crippen LogP contribution in [-0.2, 0) is 0 Å². The molecule has 0 unspecified atom stereocenters. The zero-order chi connectivity index (χ0) is 13.2. The Bertz CT molecular complexity index is 256. The Morgan fingerprint density at radius 1 is 1.00 bits per heavy atom. The van der Waals surface area contributed by atoms with Gasteiger partial charge in [0.05, 0.1) is 0 Å². The van der Waals surface area contributed by atoms with Gasteiger partial charge in [-0.15, -0.1) is 0 Å². The first-order valence-corrected chi connectivity index (χ1v) is 7.81. The molecule has 1 saturated heterocycles. The van der Waals surface area contributed by atoms with E-state index in [1.807, 2.05) is 0 Å². The molecule has 0 aromatic heterocycles. The van der Waals surface area contributed by atoms with Gasteiger partial charge in [-0.25, -0.2) is 0 Å². The predicted molar refractivity (Wildman–Crippen MR) is 78.9 cm³/mol. The molecule has 2 fully saturated rings. The number of nitrogens with zero attached hydrogens (tertiary/aromatic N) is 1. The second kappa shape index (κ2) is 5.50. The standard InChI is InChI=1S/C16H32N2/c1-15(2)7-5-14(6-8-15)18(4)13-16(3)9-11-17-12-10-16/h14,17H,5-13H2,1-4H3. The second-order valence-electron chi connectivity index (χ2n) is 7.87. The van der Waals surface area contributed by atoms with Gasteiger partial charge in [-0.3, -0.25) is 0 Å². The minimum Gasteiger partial charge on any atom is -0.317 e. The summed E-state index contributed by atoms with van der Waals surface area (Å²) in [7, 11) is 2.36. The van der Waals surface area contributed by atoms with Gasteiger partial charge in [0.15, 0.2) is 0 Å². The van der Waals surface area contributed by atoms with Crippen molar-refractivity contribution < 1.29 is 0 Å². The van der Waals surface area contributed by atoms with Crippen molar-refractivity contribution in [2.45, 2.75) is 65.3 Å². The largest absolute Gasteiger partial charge is 0.317 e. The molecule has 0 radical (unpaired) electrons. The maximum atomic E-state index is 3.48. The first-order valence-electron chi connectivity index (χ1n) is 7.81. The number of hydrogen-bond acceptors (Lipinski definition) is 2. The molecular weight excluding hydrogens is 220 g/mol. The summed E-state index contributed by atoms with van der Waals surface area (Å²) in [6, 6.07) is 0.838. The zero-order valence-electron chi connectivity index (χ0n) is 12.9. The third-order valence-electron chi connectivity index (χ3n) is 5.37. The highest BCUT2D eigenvalue weighted by atomic mass is 15.1. The summed E-state index contributed by atoms with van der Waals surface area (Å²) >= 11 is 0. The number of rotatable bonds is 3. The van der Waals surface area contributed by atoms with E-state index in [9.17, 15) is 0 Å². The summed E-state index contributed by atoms with van der Waals surface area (Å²) in [4.78, 5) is 2.67. The average molecular weight is 252 g/mol. The molecule has 0 atom stereocenters. The molecule has 1 N–H and O–H groups in total. The fourth-order valence-electron chi connectivity index (χ4n) is 3.74. The predicted octanol–water partition coefficient (Wildman–Crippen LogP) is 3.28. The van der Waals surface area contributed by atoms with Crippen molar-refractivity contribution in [3.05, 3.63) is 0 Å². The van der Waals surface area contributed by atoms with Crippen molar-refractivity contribution in [2.75, 3.05) is 26.7 Å². The molecule has 0 aromatic rings. The fraction of sp³-hybridized carbons (Fsp3) is 1.00. The van der Waals surface area contributed by atoms with Crippen molar-refractivity contribution >= 4 is 0 Å². The van der Waals surface area contributed by atoms with Crippen LogP contribution < -0.4 is 5.32 Å². The first-order chi connectivity index (χ1) is 8.40. The lowest BCUT2D eigenvalue weighted by molar-refractivity contribution is 0.0755. The number of hydrogen-bond donors (Lipinski definition) is 1. The van der Waals surface area contributed by atoms with Gasteiger partial charge in [-0.2, -0.15) is 0 Å². The van der Waals surface area contributed by atoms with Crippen LogP contribution in [0.15, 0.2) is 0 Å². The Balaban J connectivity index is 1.82. The molecule has 2 nitrogen and oxygen atoms in total. The van der Waals surface area contributed by atoms with Crippen LogP contribution >= 0.6 is 0 Å². The van der Waals surface area contributed by atoms with Crippen LogP contribution in [0.4, 0.5) is 0 Å². The fourth-order valence-corrected chi connectivity index (χ4v) is 3.74. The molecule has 1 saturated carbocycles. The number of piperidine rings is 1. The van der Waals surface area contributed by atoms with Gasteiger partial charge in [-0.1, -0.05) is 20.8 Å². The van der Waals surface area contributed by atoms with E-state index in [1.165, 1.54) is 58.2 Å². The highest BCUT2D eigenvalue weighted by Gasteiger charge is 2.33. The average Bonchev–Trinajstić information content (AvgIpc) is 2.29. The maximum absolute atomic E-state index is 3.48. The molecule has 1 aliphatic carbocycles. The van der Waals surface area contributed by atoms with Gasteiger partial charge in [0.2, 0.25) is 0 Å². The van der Waals surface area contributed by atoms with Gasteiger partial charge in [0.1, 0.15) is 0 Å². The van der Waals surface area contributed by atoms with Crippen LogP contribution in [0.2, 0.25) is 0 Å². The van der Waals surface area contributed by atoms with Crippen LogP contribution in [0.25, 0.3) is 0 Å². The van der Waals surface area contributed by atoms with E-state index >= 15 is 0 Å². The molecule has 106 valence electrons. The smallest absolute Gasteiger partial charge is 0.00928 e. The van der Waals surface area contributed by atoms with E-state index in [0.29, 0.717) is 10.8 Å². The Morgan fingerprint density at radius 2 is 1.56 bits per heavy atom. The van der Waals surface area contributed by atoms with E-state index in [0.717, 1.165) is 6.04 Å². The van der Waals surface area contributed by atoms with Crippen LogP contribution in [0.1, 0.15) is 59.3 Å². The molecule has 0 aromatic carbocycles. The van der Waals surface area contributed by atoms with Crippen molar-refractivity contribution in [1.82, 2.24) is 10.2 Å². The van der Waals surface area contributed by atoms with E-state index < -0.39 is 0 Å². The minimum absolute atomic E-state index is 0.549. The summed E-state index contributed by atoms with van der Waals surface area (Å²) in [5, 5.41) is 3.48. The molecule has 2 aliphatic rings. The molecule has 0 amide bonds. The molecule has 1 heterocycles. The summed E-state index contributed by atoms with van der Waals surface area (Å²) in [6.07, 6.45) is 8.29. The van der Waals surface area contributed by atoms with Crippen molar-refractivity contribution in [1.29, 1.82) is 0 Å². The molecule has 18 heavy (non-hydrogen) atoms. The van der Waals surface area contributed by atoms with E-state index in [4.69, 9.17) is 0 Å². The lowest BCUT2D eigenvalue weighted by atomic mass is 9.74. The Labute approximate surface area is 114 Å². The van der Waals surface area contributed by atoms with Gasteiger partial charge < -0.3 is 10.2 Å². The second-order valence-corrected chi connectivity index (χ2v) is 7.87. The molecule has 2 heteroatoms. The molecule has 2 rings (SSSR count). The van der Waals surface area contributed by atoms with Gasteiger partial charge >= 0.3 is 0 Å². The normalized spacial score (nSPS) is 28.5. The van der Waals surface area contributed by atoms with E-state index in [1.54, 1.807) is 0 Å². The van der Waals surface area contributed by atoms with Crippen LogP contribution in [-0.4, -0.2) is 37.6 Å². The summed E-state index contributed by atoms with van der Waals surface area (Å²) in [6.45, 7) is 11.1. The van der Waals surface area contributed by atoms with Crippen molar-refractivity contribution in [3.8, 4) is 0 Å². The van der Waals surface area contributed by atoms with Crippen LogP contribution in [0.5, 0.6) is 0 Å². The topological polar surface area (TPSA) is 15.3 Å². The quantitative estimate of drug-likeness (QED) is 0.829. The minimum atomic E-state index is 0.549. The lowest BCUT2D eigenvalue weighted by Gasteiger charge is -2.43. The lowest BCUT2D eigenvalue weighted by Crippen LogP contribution is -2.46. The summed E-state index contributed by atoms with van der Waals surface area (Å²) < 4.78 is 0. The first kappa shape index (κ1) is 14.3. The SMILES string of the molecule is CN(CC1(C)CCNCC1)C1CCC(C)(C)CC1. The monoisotopic (exact) mass is 252 g/mol.